The Balaban J connectivity index is 0.000000970. The van der Waals surface area contributed by atoms with Gasteiger partial charge in [0, 0.05) is 19.2 Å². The van der Waals surface area contributed by atoms with Gasteiger partial charge in [-0.25, -0.2) is 4.39 Å². The van der Waals surface area contributed by atoms with Gasteiger partial charge in [0.05, 0.1) is 18.3 Å². The van der Waals surface area contributed by atoms with Gasteiger partial charge in [-0.1, -0.05) is 12.8 Å². The maximum Gasteiger partial charge on any atom is 0.290 e. The third-order valence-corrected chi connectivity index (χ3v) is 3.83. The first-order valence-corrected chi connectivity index (χ1v) is 8.25. The molecule has 1 fully saturated rings. The van der Waals surface area contributed by atoms with Crippen LogP contribution in [0.15, 0.2) is 18.5 Å². The zero-order chi connectivity index (χ0) is 18.5. The zero-order valence-electron chi connectivity index (χ0n) is 14.4. The number of aromatic nitrogens is 1. The number of carboxylic acid groups (broad SMARTS) is 1. The van der Waals surface area contributed by atoms with Crippen LogP contribution in [0.5, 0.6) is 0 Å². The number of carbonyl (C=O) groups is 2. The average molecular weight is 349 g/mol. The normalized spacial score (nSPS) is 14.5. The number of amides is 1. The van der Waals surface area contributed by atoms with E-state index in [0.717, 1.165) is 45.1 Å². The van der Waals surface area contributed by atoms with Crippen LogP contribution in [0.2, 0.25) is 0 Å². The number of hydrogen-bond donors (Lipinski definition) is 2. The molecule has 1 amide bonds. The molecule has 1 saturated heterocycles. The molecule has 136 valence electrons. The highest BCUT2D eigenvalue weighted by atomic mass is 19.1. The molecule has 1 aromatic heterocycles. The minimum Gasteiger partial charge on any atom is -0.483 e. The number of halogens is 1. The van der Waals surface area contributed by atoms with Gasteiger partial charge in [0.1, 0.15) is 5.82 Å². The summed E-state index contributed by atoms with van der Waals surface area (Å²) in [6.45, 7) is 5.29. The Hall–Kier alpha value is -2.46. The van der Waals surface area contributed by atoms with Crippen molar-refractivity contribution in [3.8, 4) is 11.8 Å². The van der Waals surface area contributed by atoms with Gasteiger partial charge >= 0.3 is 0 Å². The molecule has 2 N–H and O–H groups in total. The summed E-state index contributed by atoms with van der Waals surface area (Å²) in [5, 5.41) is 9.76. The van der Waals surface area contributed by atoms with Crippen molar-refractivity contribution in [2.75, 3.05) is 26.2 Å². The van der Waals surface area contributed by atoms with Gasteiger partial charge in [-0.05, 0) is 37.9 Å². The van der Waals surface area contributed by atoms with E-state index in [1.165, 1.54) is 12.3 Å². The van der Waals surface area contributed by atoms with Crippen LogP contribution < -0.4 is 5.32 Å². The molecule has 0 radical (unpaired) electrons. The number of piperidine rings is 1. The Morgan fingerprint density at radius 2 is 2.12 bits per heavy atom. The van der Waals surface area contributed by atoms with Crippen LogP contribution in [0.25, 0.3) is 0 Å². The summed E-state index contributed by atoms with van der Waals surface area (Å²) < 4.78 is 13.0. The van der Waals surface area contributed by atoms with Crippen LogP contribution in [0.1, 0.15) is 36.5 Å². The molecule has 0 unspecified atom stereocenters. The second-order valence-electron chi connectivity index (χ2n) is 5.63. The second kappa shape index (κ2) is 12.0. The highest BCUT2D eigenvalue weighted by molar-refractivity contribution is 5.93. The first kappa shape index (κ1) is 20.6. The van der Waals surface area contributed by atoms with Crippen LogP contribution in [-0.4, -0.2) is 53.5 Å². The highest BCUT2D eigenvalue weighted by Crippen LogP contribution is 2.16. The minimum absolute atomic E-state index is 0.250. The maximum atomic E-state index is 13.0. The van der Waals surface area contributed by atoms with Gasteiger partial charge < -0.3 is 10.4 Å². The molecular formula is C18H24FN3O3. The molecule has 0 atom stereocenters. The third-order valence-electron chi connectivity index (χ3n) is 3.83. The van der Waals surface area contributed by atoms with Gasteiger partial charge in [0.2, 0.25) is 0 Å². The first-order chi connectivity index (χ1) is 12.1. The van der Waals surface area contributed by atoms with E-state index < -0.39 is 5.82 Å². The van der Waals surface area contributed by atoms with Gasteiger partial charge in [0.15, 0.2) is 0 Å². The first-order valence-electron chi connectivity index (χ1n) is 8.25. The summed E-state index contributed by atoms with van der Waals surface area (Å²) in [5.74, 6) is 5.97. The fourth-order valence-corrected chi connectivity index (χ4v) is 2.52. The van der Waals surface area contributed by atoms with E-state index >= 15 is 0 Å². The van der Waals surface area contributed by atoms with Crippen molar-refractivity contribution < 1.29 is 19.1 Å². The molecule has 0 saturated carbocycles. The number of nitrogens with one attached hydrogen (secondary N) is 1. The highest BCUT2D eigenvalue weighted by Gasteiger charge is 2.19. The van der Waals surface area contributed by atoms with Crippen LogP contribution in [0.3, 0.4) is 0 Å². The molecule has 0 spiro atoms. The minimum atomic E-state index is -0.492. The summed E-state index contributed by atoms with van der Waals surface area (Å²) in [4.78, 5) is 26.3. The monoisotopic (exact) mass is 349 g/mol. The lowest BCUT2D eigenvalue weighted by atomic mass is 9.96. The van der Waals surface area contributed by atoms with Crippen molar-refractivity contribution in [2.24, 2.45) is 5.92 Å². The number of carbonyl (C=O) groups excluding carboxylic acids is 1. The molecule has 25 heavy (non-hydrogen) atoms. The number of likely N-dealkylation sites (tertiary alicyclic amines) is 1. The molecule has 7 heteroatoms. The van der Waals surface area contributed by atoms with Gasteiger partial charge in [-0.3, -0.25) is 19.5 Å². The van der Waals surface area contributed by atoms with Gasteiger partial charge in [-0.15, -0.1) is 5.92 Å². The molecule has 2 heterocycles. The van der Waals surface area contributed by atoms with Crippen molar-refractivity contribution in [3.63, 3.8) is 0 Å². The van der Waals surface area contributed by atoms with E-state index in [0.29, 0.717) is 12.5 Å². The molecule has 6 nitrogen and oxygen atoms in total. The number of rotatable bonds is 4. The lowest BCUT2D eigenvalue weighted by Gasteiger charge is -2.30. The van der Waals surface area contributed by atoms with Crippen molar-refractivity contribution in [1.82, 2.24) is 15.2 Å². The Labute approximate surface area is 147 Å². The molecule has 0 aromatic carbocycles. The average Bonchev–Trinajstić information content (AvgIpc) is 2.62. The van der Waals surface area contributed by atoms with E-state index in [-0.39, 0.29) is 17.9 Å². The summed E-state index contributed by atoms with van der Waals surface area (Å²) >= 11 is 0. The van der Waals surface area contributed by atoms with Crippen LogP contribution >= 0.6 is 0 Å². The molecule has 2 rings (SSSR count). The predicted molar refractivity (Wildman–Crippen MR) is 92.5 cm³/mol. The molecule has 1 aromatic rings. The molecule has 0 aliphatic carbocycles. The maximum absolute atomic E-state index is 13.0. The van der Waals surface area contributed by atoms with Crippen molar-refractivity contribution in [3.05, 3.63) is 29.8 Å². The molecular weight excluding hydrogens is 325 g/mol. The SMILES string of the molecule is CCC#CCN1CCC(CNC(=O)c2cncc(F)c2)CC1.O=CO. The van der Waals surface area contributed by atoms with Crippen molar-refractivity contribution in [2.45, 2.75) is 26.2 Å². The smallest absolute Gasteiger partial charge is 0.290 e. The Morgan fingerprint density at radius 3 is 2.72 bits per heavy atom. The van der Waals surface area contributed by atoms with Crippen molar-refractivity contribution >= 4 is 12.4 Å². The van der Waals surface area contributed by atoms with Gasteiger partial charge in [0.25, 0.3) is 12.4 Å². The summed E-state index contributed by atoms with van der Waals surface area (Å²) in [7, 11) is 0. The van der Waals surface area contributed by atoms with E-state index in [2.05, 4.69) is 34.0 Å². The van der Waals surface area contributed by atoms with E-state index in [1.807, 2.05) is 0 Å². The van der Waals surface area contributed by atoms with E-state index in [9.17, 15) is 9.18 Å². The molecule has 0 bridgehead atoms. The molecule has 1 aliphatic rings. The zero-order valence-corrected chi connectivity index (χ0v) is 14.4. The topological polar surface area (TPSA) is 82.5 Å². The summed E-state index contributed by atoms with van der Waals surface area (Å²) in [6.07, 6.45) is 5.48. The summed E-state index contributed by atoms with van der Waals surface area (Å²) in [5.41, 5.74) is 0.271. The molecule has 1 aliphatic heterocycles. The third kappa shape index (κ3) is 8.27. The van der Waals surface area contributed by atoms with Gasteiger partial charge in [-0.2, -0.15) is 0 Å². The Morgan fingerprint density at radius 1 is 1.44 bits per heavy atom. The number of hydrogen-bond acceptors (Lipinski definition) is 4. The van der Waals surface area contributed by atoms with Crippen molar-refractivity contribution in [1.29, 1.82) is 0 Å². The largest absolute Gasteiger partial charge is 0.483 e. The van der Waals surface area contributed by atoms with Crippen LogP contribution in [0.4, 0.5) is 4.39 Å². The number of nitrogens with zero attached hydrogens (tertiary/aromatic N) is 2. The van der Waals surface area contributed by atoms with E-state index in [4.69, 9.17) is 9.90 Å². The standard InChI is InChI=1S/C17H22FN3O.CH2O2/c1-2-3-4-7-21-8-5-14(6-9-21)11-20-17(22)15-10-16(18)13-19-12-15;2-1-3/h10,12-14H,2,5-9,11H2,1H3,(H,20,22);1H,(H,2,3). The van der Waals surface area contributed by atoms with Crippen LogP contribution in [0, 0.1) is 23.6 Å². The van der Waals surface area contributed by atoms with E-state index in [1.54, 1.807) is 0 Å². The van der Waals surface area contributed by atoms with Crippen LogP contribution in [-0.2, 0) is 4.79 Å². The fourth-order valence-electron chi connectivity index (χ4n) is 2.52. The quantitative estimate of drug-likeness (QED) is 0.640. The Bertz CT molecular complexity index is 605. The lowest BCUT2D eigenvalue weighted by Crippen LogP contribution is -2.38. The fraction of sp³-hybridized carbons (Fsp3) is 0.500. The predicted octanol–water partition coefficient (Wildman–Crippen LogP) is 1.78. The summed E-state index contributed by atoms with van der Waals surface area (Å²) in [6, 6.07) is 1.21. The number of pyridine rings is 1. The lowest BCUT2D eigenvalue weighted by molar-refractivity contribution is -0.122. The Kier molecular flexibility index (Phi) is 9.87. The second-order valence-corrected chi connectivity index (χ2v) is 5.63.